The summed E-state index contributed by atoms with van der Waals surface area (Å²) >= 11 is 6.35. The third-order valence-electron chi connectivity index (χ3n) is 5.42. The summed E-state index contributed by atoms with van der Waals surface area (Å²) in [5.41, 5.74) is 6.52. The monoisotopic (exact) mass is 407 g/mol. The van der Waals surface area contributed by atoms with Gasteiger partial charge >= 0.3 is 0 Å². The van der Waals surface area contributed by atoms with E-state index in [4.69, 9.17) is 22.5 Å². The fourth-order valence-electron chi connectivity index (χ4n) is 3.77. The van der Waals surface area contributed by atoms with Crippen molar-refractivity contribution in [2.45, 2.75) is 20.4 Å². The predicted molar refractivity (Wildman–Crippen MR) is 119 cm³/mol. The Morgan fingerprint density at radius 2 is 1.76 bits per heavy atom. The minimum atomic E-state index is 0.775. The number of para-hydroxylation sites is 1. The minimum absolute atomic E-state index is 0.775. The molecule has 4 rings (SSSR count). The smallest absolute Gasteiger partial charge is 0.0673 e. The number of nitrogens with zero attached hydrogens (tertiary/aromatic N) is 4. The quantitative estimate of drug-likeness (QED) is 0.659. The van der Waals surface area contributed by atoms with E-state index in [0.29, 0.717) is 0 Å². The molecule has 1 aromatic heterocycles. The van der Waals surface area contributed by atoms with Gasteiger partial charge in [-0.2, -0.15) is 5.10 Å². The predicted octanol–water partition coefficient (Wildman–Crippen LogP) is 4.17. The van der Waals surface area contributed by atoms with E-state index in [1.54, 1.807) is 0 Å². The average Bonchev–Trinajstić information content (AvgIpc) is 3.01. The SMILES string of the molecule is Cc1nn(-c2ccccc2)c(C)c1C=C1CN(Cc2ccccc2Cl)CCN1N. The van der Waals surface area contributed by atoms with Crippen molar-refractivity contribution >= 4 is 17.7 Å². The molecule has 0 amide bonds. The van der Waals surface area contributed by atoms with Crippen LogP contribution < -0.4 is 5.84 Å². The van der Waals surface area contributed by atoms with E-state index >= 15 is 0 Å². The number of hydrogen-bond donors (Lipinski definition) is 1. The highest BCUT2D eigenvalue weighted by atomic mass is 35.5. The summed E-state index contributed by atoms with van der Waals surface area (Å²) in [4.78, 5) is 2.38. The van der Waals surface area contributed by atoms with Crippen molar-refractivity contribution in [2.24, 2.45) is 5.84 Å². The highest BCUT2D eigenvalue weighted by Gasteiger charge is 2.21. The summed E-state index contributed by atoms with van der Waals surface area (Å²) in [5, 5.41) is 7.41. The second kappa shape index (κ2) is 8.41. The van der Waals surface area contributed by atoms with Crippen LogP contribution in [0.5, 0.6) is 0 Å². The van der Waals surface area contributed by atoms with E-state index in [0.717, 1.165) is 65.1 Å². The van der Waals surface area contributed by atoms with E-state index in [1.165, 1.54) is 0 Å². The molecule has 6 heteroatoms. The molecule has 0 radical (unpaired) electrons. The summed E-state index contributed by atoms with van der Waals surface area (Å²) in [5.74, 6) is 6.32. The second-order valence-electron chi connectivity index (χ2n) is 7.46. The Hall–Kier alpha value is -2.60. The lowest BCUT2D eigenvalue weighted by Crippen LogP contribution is -2.47. The molecule has 1 saturated heterocycles. The maximum absolute atomic E-state index is 6.35. The lowest BCUT2D eigenvalue weighted by Gasteiger charge is -2.35. The lowest BCUT2D eigenvalue weighted by molar-refractivity contribution is 0.174. The van der Waals surface area contributed by atoms with Crippen LogP contribution in [0.25, 0.3) is 11.8 Å². The number of halogens is 1. The maximum Gasteiger partial charge on any atom is 0.0673 e. The number of nitrogens with two attached hydrogens (primary N) is 1. The van der Waals surface area contributed by atoms with Crippen LogP contribution in [0.15, 0.2) is 60.3 Å². The molecule has 1 fully saturated rings. The molecule has 150 valence electrons. The van der Waals surface area contributed by atoms with Crippen LogP contribution >= 0.6 is 11.6 Å². The van der Waals surface area contributed by atoms with Gasteiger partial charge in [0.05, 0.1) is 11.4 Å². The number of aromatic nitrogens is 2. The molecule has 0 unspecified atom stereocenters. The van der Waals surface area contributed by atoms with E-state index < -0.39 is 0 Å². The van der Waals surface area contributed by atoms with Crippen molar-refractivity contribution in [3.8, 4) is 5.69 Å². The number of hydrazine groups is 1. The Kier molecular flexibility index (Phi) is 5.72. The van der Waals surface area contributed by atoms with Crippen LogP contribution in [0, 0.1) is 13.8 Å². The topological polar surface area (TPSA) is 50.3 Å². The summed E-state index contributed by atoms with van der Waals surface area (Å²) in [6.45, 7) is 7.42. The molecule has 29 heavy (non-hydrogen) atoms. The van der Waals surface area contributed by atoms with Crippen molar-refractivity contribution in [3.05, 3.63) is 87.8 Å². The van der Waals surface area contributed by atoms with Crippen molar-refractivity contribution in [1.82, 2.24) is 19.7 Å². The van der Waals surface area contributed by atoms with Gasteiger partial charge in [0, 0.05) is 48.2 Å². The lowest BCUT2D eigenvalue weighted by atomic mass is 10.1. The van der Waals surface area contributed by atoms with E-state index in [9.17, 15) is 0 Å². The zero-order valence-electron chi connectivity index (χ0n) is 16.8. The molecular weight excluding hydrogens is 382 g/mol. The fraction of sp³-hybridized carbons (Fsp3) is 0.261. The van der Waals surface area contributed by atoms with Crippen molar-refractivity contribution in [2.75, 3.05) is 19.6 Å². The van der Waals surface area contributed by atoms with Gasteiger partial charge in [-0.1, -0.05) is 48.0 Å². The molecule has 0 saturated carbocycles. The van der Waals surface area contributed by atoms with Gasteiger partial charge in [-0.25, -0.2) is 10.5 Å². The Morgan fingerprint density at radius 1 is 1.03 bits per heavy atom. The Bertz CT molecular complexity index is 1030. The number of piperazine rings is 1. The van der Waals surface area contributed by atoms with Gasteiger partial charge in [-0.15, -0.1) is 0 Å². The molecule has 3 aromatic rings. The first-order valence-electron chi connectivity index (χ1n) is 9.83. The first-order chi connectivity index (χ1) is 14.0. The summed E-state index contributed by atoms with van der Waals surface area (Å²) < 4.78 is 1.99. The molecule has 2 N–H and O–H groups in total. The third-order valence-corrected chi connectivity index (χ3v) is 5.79. The molecule has 1 aliphatic rings. The van der Waals surface area contributed by atoms with Gasteiger partial charge in [0.15, 0.2) is 0 Å². The summed E-state index contributed by atoms with van der Waals surface area (Å²) in [6, 6.07) is 18.2. The number of aryl methyl sites for hydroxylation is 1. The van der Waals surface area contributed by atoms with Crippen LogP contribution in [0.2, 0.25) is 5.02 Å². The highest BCUT2D eigenvalue weighted by Crippen LogP contribution is 2.24. The molecule has 0 bridgehead atoms. The zero-order valence-corrected chi connectivity index (χ0v) is 17.6. The van der Waals surface area contributed by atoms with Crippen LogP contribution in [0.3, 0.4) is 0 Å². The van der Waals surface area contributed by atoms with Gasteiger partial charge in [0.25, 0.3) is 0 Å². The molecule has 2 heterocycles. The fourth-order valence-corrected chi connectivity index (χ4v) is 3.97. The van der Waals surface area contributed by atoms with Crippen LogP contribution in [-0.4, -0.2) is 39.3 Å². The second-order valence-corrected chi connectivity index (χ2v) is 7.87. The molecule has 0 aliphatic carbocycles. The molecular formula is C23H26ClN5. The van der Waals surface area contributed by atoms with E-state index in [-0.39, 0.29) is 0 Å². The van der Waals surface area contributed by atoms with Crippen LogP contribution in [0.1, 0.15) is 22.5 Å². The molecule has 2 aromatic carbocycles. The van der Waals surface area contributed by atoms with Gasteiger partial charge in [-0.05, 0) is 43.7 Å². The van der Waals surface area contributed by atoms with Gasteiger partial charge in [0.1, 0.15) is 0 Å². The largest absolute Gasteiger partial charge is 0.313 e. The van der Waals surface area contributed by atoms with Crippen LogP contribution in [0.4, 0.5) is 0 Å². The van der Waals surface area contributed by atoms with Crippen molar-refractivity contribution < 1.29 is 0 Å². The Labute approximate surface area is 177 Å². The standard InChI is InChI=1S/C23H26ClN5/c1-17-22(18(2)29(26-17)20-9-4-3-5-10-20)14-21-16-27(12-13-28(21)25)15-19-8-6-7-11-23(19)24/h3-11,14H,12-13,15-16,25H2,1-2H3. The summed E-state index contributed by atoms with van der Waals surface area (Å²) in [6.07, 6.45) is 2.18. The maximum atomic E-state index is 6.35. The molecule has 0 atom stereocenters. The minimum Gasteiger partial charge on any atom is -0.313 e. The van der Waals surface area contributed by atoms with Gasteiger partial charge in [0.2, 0.25) is 0 Å². The van der Waals surface area contributed by atoms with Crippen LogP contribution in [-0.2, 0) is 6.54 Å². The normalized spacial score (nSPS) is 16.6. The Balaban J connectivity index is 1.60. The average molecular weight is 408 g/mol. The van der Waals surface area contributed by atoms with E-state index in [2.05, 4.69) is 36.1 Å². The number of hydrogen-bond acceptors (Lipinski definition) is 4. The molecule has 1 aliphatic heterocycles. The first kappa shape index (κ1) is 19.7. The summed E-state index contributed by atoms with van der Waals surface area (Å²) in [7, 11) is 0. The van der Waals surface area contributed by atoms with E-state index in [1.807, 2.05) is 53.0 Å². The zero-order chi connectivity index (χ0) is 20.4. The highest BCUT2D eigenvalue weighted by molar-refractivity contribution is 6.31. The molecule has 5 nitrogen and oxygen atoms in total. The van der Waals surface area contributed by atoms with Gasteiger partial charge < -0.3 is 5.01 Å². The molecule has 0 spiro atoms. The number of rotatable bonds is 4. The number of benzene rings is 2. The van der Waals surface area contributed by atoms with Crippen molar-refractivity contribution in [1.29, 1.82) is 0 Å². The first-order valence-corrected chi connectivity index (χ1v) is 10.2. The van der Waals surface area contributed by atoms with Gasteiger partial charge in [-0.3, -0.25) is 4.90 Å². The van der Waals surface area contributed by atoms with Crippen molar-refractivity contribution in [3.63, 3.8) is 0 Å². The Morgan fingerprint density at radius 3 is 2.52 bits per heavy atom. The third kappa shape index (κ3) is 4.22.